The number of nitrogens with zero attached hydrogens (tertiary/aromatic N) is 1. The monoisotopic (exact) mass is 508 g/mol. The number of carbonyl (C=O) groups is 2. The summed E-state index contributed by atoms with van der Waals surface area (Å²) >= 11 is 0. The Balaban J connectivity index is 5.01. The van der Waals surface area contributed by atoms with Crippen molar-refractivity contribution in [2.45, 2.75) is 73.8 Å². The maximum Gasteiger partial charge on any atom is 0.472 e. The predicted molar refractivity (Wildman–Crippen MR) is 136 cm³/mol. The van der Waals surface area contributed by atoms with E-state index >= 15 is 0 Å². The molecule has 0 aliphatic heterocycles. The molecule has 0 aromatic heterocycles. The molecule has 0 aliphatic rings. The molecule has 0 fully saturated rings. The van der Waals surface area contributed by atoms with Crippen LogP contribution in [0, 0.1) is 23.2 Å². The number of carbonyl (C=O) groups excluding carboxylic acids is 2. The minimum absolute atomic E-state index is 0.00835. The van der Waals surface area contributed by atoms with Crippen LogP contribution < -0.4 is 10.6 Å². The number of quaternary nitrogens is 1. The number of amides is 2. The molecule has 0 aliphatic carbocycles. The van der Waals surface area contributed by atoms with Crippen molar-refractivity contribution in [3.8, 4) is 0 Å². The average molecular weight is 509 g/mol. The Hall–Kier alpha value is -0.990. The first-order valence-electron chi connectivity index (χ1n) is 12.3. The number of nitrogens with one attached hydrogen (secondary N) is 2. The quantitative estimate of drug-likeness (QED) is 0.217. The zero-order valence-electron chi connectivity index (χ0n) is 23.1. The van der Waals surface area contributed by atoms with Crippen molar-refractivity contribution in [3.05, 3.63) is 0 Å². The third kappa shape index (κ3) is 17.4. The van der Waals surface area contributed by atoms with Gasteiger partial charge in [-0.15, -0.1) is 0 Å². The highest BCUT2D eigenvalue weighted by Gasteiger charge is 2.29. The van der Waals surface area contributed by atoms with Crippen LogP contribution in [0.4, 0.5) is 0 Å². The molecule has 0 radical (unpaired) electrons. The van der Waals surface area contributed by atoms with E-state index in [0.717, 1.165) is 6.42 Å². The van der Waals surface area contributed by atoms with Gasteiger partial charge in [0.05, 0.1) is 21.1 Å². The molecule has 0 saturated carbocycles. The van der Waals surface area contributed by atoms with E-state index in [-0.39, 0.29) is 48.8 Å². The van der Waals surface area contributed by atoms with Crippen molar-refractivity contribution >= 4 is 19.6 Å². The van der Waals surface area contributed by atoms with Crippen molar-refractivity contribution < 1.29 is 32.6 Å². The minimum atomic E-state index is -4.37. The van der Waals surface area contributed by atoms with Crippen LogP contribution in [0.2, 0.25) is 0 Å². The number of phosphoric acid groups is 1. The van der Waals surface area contributed by atoms with Crippen LogP contribution in [-0.4, -0.2) is 74.7 Å². The van der Waals surface area contributed by atoms with Crippen LogP contribution in [0.1, 0.15) is 67.7 Å². The third-order valence-corrected chi connectivity index (χ3v) is 6.80. The summed E-state index contributed by atoms with van der Waals surface area (Å²) in [5.74, 6) is 0.533. The first-order chi connectivity index (χ1) is 15.3. The highest BCUT2D eigenvalue weighted by Crippen LogP contribution is 2.44. The predicted octanol–water partition coefficient (Wildman–Crippen LogP) is 3.57. The second-order valence-corrected chi connectivity index (χ2v) is 13.5. The first-order valence-corrected chi connectivity index (χ1v) is 13.8. The summed E-state index contributed by atoms with van der Waals surface area (Å²) < 4.78 is 23.5. The van der Waals surface area contributed by atoms with Gasteiger partial charge in [0.1, 0.15) is 19.3 Å². The van der Waals surface area contributed by atoms with Gasteiger partial charge in [0.2, 0.25) is 11.8 Å². The van der Waals surface area contributed by atoms with Gasteiger partial charge in [0, 0.05) is 25.9 Å². The lowest BCUT2D eigenvalue weighted by Crippen LogP contribution is -2.42. The lowest BCUT2D eigenvalue weighted by atomic mass is 9.80. The largest absolute Gasteiger partial charge is 0.472 e. The molecule has 0 aromatic rings. The van der Waals surface area contributed by atoms with Gasteiger partial charge >= 0.3 is 7.82 Å². The van der Waals surface area contributed by atoms with Gasteiger partial charge in [-0.1, -0.05) is 48.5 Å². The zero-order chi connectivity index (χ0) is 26.7. The third-order valence-electron chi connectivity index (χ3n) is 5.73. The summed E-state index contributed by atoms with van der Waals surface area (Å²) in [4.78, 5) is 35.0. The van der Waals surface area contributed by atoms with Crippen LogP contribution in [0.15, 0.2) is 0 Å². The zero-order valence-corrected chi connectivity index (χ0v) is 24.0. The molecule has 0 aromatic carbocycles. The SMILES string of the molecule is CC(C)CC(C)CC(=O)NCC(CNC(=O)CC(C)C(C)(C)C)OP(=O)(O)OCC[N+](C)(C)C. The number of phosphoric ester groups is 1. The van der Waals surface area contributed by atoms with E-state index in [0.29, 0.717) is 29.8 Å². The Morgan fingerprint density at radius 1 is 0.971 bits per heavy atom. The van der Waals surface area contributed by atoms with Gasteiger partial charge in [0.25, 0.3) is 0 Å². The summed E-state index contributed by atoms with van der Waals surface area (Å²) in [6, 6.07) is 0. The average Bonchev–Trinajstić information content (AvgIpc) is 2.60. The number of hydrogen-bond donors (Lipinski definition) is 3. The standard InChI is InChI=1S/C24H50N3O6P/c1-18(2)13-19(3)14-22(28)25-16-21(17-26-23(29)15-20(4)24(5,6)7)33-34(30,31)32-12-11-27(8,9)10/h18-21H,11-17H2,1-10H3,(H2-,25,26,28,29,30,31)/p+1. The van der Waals surface area contributed by atoms with E-state index in [2.05, 4.69) is 45.3 Å². The highest BCUT2D eigenvalue weighted by molar-refractivity contribution is 7.47. The molecule has 0 heterocycles. The summed E-state index contributed by atoms with van der Waals surface area (Å²) in [5.41, 5.74) is -0.0197. The molecule has 9 nitrogen and oxygen atoms in total. The van der Waals surface area contributed by atoms with Gasteiger partial charge in [0.15, 0.2) is 0 Å². The Morgan fingerprint density at radius 2 is 1.47 bits per heavy atom. The van der Waals surface area contributed by atoms with Gasteiger partial charge < -0.3 is 20.0 Å². The molecule has 0 bridgehead atoms. The maximum absolute atomic E-state index is 12.5. The van der Waals surface area contributed by atoms with Crippen LogP contribution >= 0.6 is 7.82 Å². The van der Waals surface area contributed by atoms with Gasteiger partial charge in [-0.05, 0) is 29.6 Å². The lowest BCUT2D eigenvalue weighted by molar-refractivity contribution is -0.870. The molecule has 202 valence electrons. The van der Waals surface area contributed by atoms with E-state index in [1.54, 1.807) is 0 Å². The van der Waals surface area contributed by atoms with E-state index in [1.165, 1.54) is 0 Å². The lowest BCUT2D eigenvalue weighted by Gasteiger charge is -2.27. The highest BCUT2D eigenvalue weighted by atomic mass is 31.2. The topological polar surface area (TPSA) is 114 Å². The van der Waals surface area contributed by atoms with Crippen molar-refractivity contribution in [2.75, 3.05) is 47.4 Å². The Morgan fingerprint density at radius 3 is 1.91 bits per heavy atom. The number of hydrogen-bond acceptors (Lipinski definition) is 5. The fourth-order valence-electron chi connectivity index (χ4n) is 3.18. The van der Waals surface area contributed by atoms with E-state index in [1.807, 2.05) is 35.0 Å². The second-order valence-electron chi connectivity index (χ2n) is 12.1. The molecule has 0 rings (SSSR count). The first kappa shape index (κ1) is 33.0. The maximum atomic E-state index is 12.5. The smallest absolute Gasteiger partial charge is 0.353 e. The molecule has 2 amide bonds. The summed E-state index contributed by atoms with van der Waals surface area (Å²) in [7, 11) is 1.46. The molecule has 4 atom stereocenters. The molecule has 10 heteroatoms. The summed E-state index contributed by atoms with van der Waals surface area (Å²) in [6.07, 6.45) is 0.711. The fraction of sp³-hybridized carbons (Fsp3) is 0.917. The van der Waals surface area contributed by atoms with Crippen molar-refractivity contribution in [2.24, 2.45) is 23.2 Å². The summed E-state index contributed by atoms with van der Waals surface area (Å²) in [6.45, 7) is 15.0. The van der Waals surface area contributed by atoms with E-state index < -0.39 is 13.9 Å². The minimum Gasteiger partial charge on any atom is -0.353 e. The second kappa shape index (κ2) is 14.5. The molecule has 34 heavy (non-hydrogen) atoms. The van der Waals surface area contributed by atoms with Crippen molar-refractivity contribution in [1.82, 2.24) is 10.6 Å². The van der Waals surface area contributed by atoms with Crippen LogP contribution in [0.25, 0.3) is 0 Å². The Bertz CT molecular complexity index is 673. The molecular weight excluding hydrogens is 457 g/mol. The van der Waals surface area contributed by atoms with E-state index in [9.17, 15) is 19.0 Å². The molecule has 0 saturated heterocycles. The molecule has 0 spiro atoms. The van der Waals surface area contributed by atoms with Gasteiger partial charge in [-0.2, -0.15) is 0 Å². The van der Waals surface area contributed by atoms with Crippen LogP contribution in [-0.2, 0) is 23.2 Å². The normalized spacial score (nSPS) is 17.1. The molecular formula is C24H51N3O6P+. The Labute approximate surface area is 207 Å². The Kier molecular flexibility index (Phi) is 14.1. The molecule has 3 N–H and O–H groups in total. The number of likely N-dealkylation sites (N-methyl/N-ethyl adjacent to an activating group) is 1. The van der Waals surface area contributed by atoms with Gasteiger partial charge in [-0.3, -0.25) is 18.6 Å². The van der Waals surface area contributed by atoms with Crippen molar-refractivity contribution in [1.29, 1.82) is 0 Å². The fourth-order valence-corrected chi connectivity index (χ4v) is 4.08. The van der Waals surface area contributed by atoms with Gasteiger partial charge in [-0.25, -0.2) is 4.57 Å². The van der Waals surface area contributed by atoms with Crippen LogP contribution in [0.5, 0.6) is 0 Å². The van der Waals surface area contributed by atoms with Crippen LogP contribution in [0.3, 0.4) is 0 Å². The molecule has 4 unspecified atom stereocenters. The van der Waals surface area contributed by atoms with Crippen molar-refractivity contribution in [3.63, 3.8) is 0 Å². The number of rotatable bonds is 16. The van der Waals surface area contributed by atoms with E-state index in [4.69, 9.17) is 9.05 Å². The summed E-state index contributed by atoms with van der Waals surface area (Å²) in [5, 5.41) is 5.55.